The fraction of sp³-hybridized carbons (Fsp3) is 0.471. The van der Waals surface area contributed by atoms with E-state index >= 15 is 0 Å². The number of likely N-dealkylation sites (tertiary alicyclic amines) is 1. The minimum absolute atomic E-state index is 0.0348. The number of nitrogens with one attached hydrogen (secondary N) is 3. The largest absolute Gasteiger partial charge is 0.480 e. The van der Waals surface area contributed by atoms with E-state index in [1.807, 2.05) is 66.9 Å². The molecular formula is C51H62ClN9O10S2. The second kappa shape index (κ2) is 24.9. The number of carbonyl (C=O) groups excluding carboxylic acids is 4. The van der Waals surface area contributed by atoms with Gasteiger partial charge in [0.05, 0.1) is 67.4 Å². The number of hydrogen-bond acceptors (Lipinski definition) is 15. The molecule has 2 aromatic carbocycles. The number of benzene rings is 2. The van der Waals surface area contributed by atoms with E-state index in [0.717, 1.165) is 54.0 Å². The molecule has 3 aromatic heterocycles. The number of ether oxygens (including phenoxy) is 4. The number of thiazole rings is 1. The average Bonchev–Trinajstić information content (AvgIpc) is 4.13. The SMILES string of the molecule is Cc1ncsc1-c1ccc(CNC(=O)[C@@H]2C[C@@H](OCC(=O)O)CN2C(=O)[C@@H](NC(=O)COCCOCCOCCNC(=O)C[C@@H]2N=C(c3ccc(Cl)cc3)c3c(sc(C)c3C)-n3c(C)nnc32)C(C)(C)C)cc1. The number of aliphatic carboxylic acids is 1. The Kier molecular flexibility index (Phi) is 18.7. The zero-order chi connectivity index (χ0) is 52.4. The number of aromatic nitrogens is 4. The standard InChI is InChI=1S/C51H62ClN9O10S2/c1-29-31(3)73-50-43(29)44(34-12-14-36(52)15-13-34)56-38(47-59-58-32(4)61(47)50)23-40(62)53-16-17-68-18-19-69-20-21-70-26-41(63)57-46(51(5,6)7)49(67)60-25-37(71-27-42(64)65)22-39(60)48(66)54-24-33-8-10-35(11-9-33)45-30(2)55-28-72-45/h8-15,28,37-39,46H,16-27H2,1-7H3,(H,53,62)(H,54,66)(H,57,63)(H,64,65)/t37-,38+,39+,46-/m1/s1. The molecule has 4 N–H and O–H groups in total. The normalized spacial score (nSPS) is 16.8. The Morgan fingerprint density at radius 1 is 0.863 bits per heavy atom. The third-order valence-corrected chi connectivity index (χ3v) is 14.8. The van der Waals surface area contributed by atoms with Gasteiger partial charge in [0, 0.05) is 47.1 Å². The maximum absolute atomic E-state index is 14.2. The lowest BCUT2D eigenvalue weighted by Crippen LogP contribution is -2.58. The van der Waals surface area contributed by atoms with Crippen LogP contribution in [0, 0.1) is 33.1 Å². The average molecular weight is 1060 g/mol. The van der Waals surface area contributed by atoms with Crippen LogP contribution in [0.5, 0.6) is 0 Å². The summed E-state index contributed by atoms with van der Waals surface area (Å²) in [5, 5.41) is 28.3. The molecule has 7 rings (SSSR count). The van der Waals surface area contributed by atoms with Crippen molar-refractivity contribution in [3.05, 3.63) is 104 Å². The van der Waals surface area contributed by atoms with Crippen LogP contribution in [0.3, 0.4) is 0 Å². The summed E-state index contributed by atoms with van der Waals surface area (Å²) in [6, 6.07) is 12.7. The number of carboxylic acid groups (broad SMARTS) is 1. The van der Waals surface area contributed by atoms with Gasteiger partial charge in [-0.1, -0.05) is 68.8 Å². The molecule has 5 heterocycles. The molecule has 5 aromatic rings. The number of rotatable bonds is 23. The van der Waals surface area contributed by atoms with Gasteiger partial charge in [0.25, 0.3) is 0 Å². The van der Waals surface area contributed by atoms with E-state index in [-0.39, 0.29) is 78.0 Å². The zero-order valence-electron chi connectivity index (χ0n) is 42.0. The third-order valence-electron chi connectivity index (χ3n) is 12.4. The molecule has 2 aliphatic heterocycles. The van der Waals surface area contributed by atoms with E-state index in [2.05, 4.69) is 45.0 Å². The van der Waals surface area contributed by atoms with Crippen molar-refractivity contribution in [1.82, 2.24) is 40.6 Å². The molecule has 4 amide bonds. The number of nitrogens with zero attached hydrogens (tertiary/aromatic N) is 6. The van der Waals surface area contributed by atoms with Crippen LogP contribution in [0.2, 0.25) is 5.02 Å². The molecule has 1 fully saturated rings. The van der Waals surface area contributed by atoms with E-state index in [1.165, 1.54) is 4.90 Å². The molecule has 0 radical (unpaired) electrons. The van der Waals surface area contributed by atoms with Crippen LogP contribution in [0.25, 0.3) is 15.4 Å². The number of aryl methyl sites for hydroxylation is 3. The number of amides is 4. The summed E-state index contributed by atoms with van der Waals surface area (Å²) < 4.78 is 24.4. The van der Waals surface area contributed by atoms with Gasteiger partial charge in [-0.15, -0.1) is 32.9 Å². The predicted octanol–water partition coefficient (Wildman–Crippen LogP) is 5.71. The van der Waals surface area contributed by atoms with Crippen LogP contribution in [0.4, 0.5) is 0 Å². The number of hydrogen-bond donors (Lipinski definition) is 4. The fourth-order valence-electron chi connectivity index (χ4n) is 8.52. The van der Waals surface area contributed by atoms with Crippen molar-refractivity contribution in [2.45, 2.75) is 92.1 Å². The molecule has 73 heavy (non-hydrogen) atoms. The summed E-state index contributed by atoms with van der Waals surface area (Å²) in [6.07, 6.45) is -0.583. The number of halogens is 1. The Labute approximate surface area is 437 Å². The van der Waals surface area contributed by atoms with Crippen LogP contribution in [-0.4, -0.2) is 143 Å². The molecule has 22 heteroatoms. The van der Waals surface area contributed by atoms with Crippen molar-refractivity contribution in [3.63, 3.8) is 0 Å². The first-order valence-corrected chi connectivity index (χ1v) is 26.0. The molecule has 0 aliphatic carbocycles. The van der Waals surface area contributed by atoms with Crippen LogP contribution < -0.4 is 16.0 Å². The molecule has 0 spiro atoms. The summed E-state index contributed by atoms with van der Waals surface area (Å²) in [6.45, 7) is 13.9. The highest BCUT2D eigenvalue weighted by molar-refractivity contribution is 7.15. The van der Waals surface area contributed by atoms with E-state index in [0.29, 0.717) is 16.7 Å². The zero-order valence-corrected chi connectivity index (χ0v) is 44.4. The first kappa shape index (κ1) is 54.8. The molecule has 19 nitrogen and oxygen atoms in total. The minimum atomic E-state index is -1.17. The third kappa shape index (κ3) is 14.0. The lowest BCUT2D eigenvalue weighted by molar-refractivity contribution is -0.145. The molecule has 390 valence electrons. The van der Waals surface area contributed by atoms with E-state index in [4.69, 9.17) is 35.5 Å². The van der Waals surface area contributed by atoms with Gasteiger partial charge in [-0.3, -0.25) is 28.7 Å². The quantitative estimate of drug-likeness (QED) is 0.0575. The number of aliphatic imine (C=N–C) groups is 1. The van der Waals surface area contributed by atoms with E-state index < -0.39 is 59.9 Å². The number of thiophene rings is 1. The first-order chi connectivity index (χ1) is 34.9. The Hall–Kier alpha value is -5.94. The van der Waals surface area contributed by atoms with Gasteiger partial charge in [-0.05, 0) is 61.9 Å². The monoisotopic (exact) mass is 1060 g/mol. The molecule has 4 atom stereocenters. The van der Waals surface area contributed by atoms with Crippen molar-refractivity contribution < 1.29 is 48.0 Å². The Bertz CT molecular complexity index is 2790. The molecule has 0 bridgehead atoms. The molecule has 1 saturated heterocycles. The second-order valence-electron chi connectivity index (χ2n) is 18.9. The first-order valence-electron chi connectivity index (χ1n) is 24.0. The lowest BCUT2D eigenvalue weighted by atomic mass is 9.85. The summed E-state index contributed by atoms with van der Waals surface area (Å²) in [5.41, 5.74) is 7.56. The summed E-state index contributed by atoms with van der Waals surface area (Å²) in [7, 11) is 0. The van der Waals surface area contributed by atoms with Crippen molar-refractivity contribution in [2.24, 2.45) is 10.4 Å². The van der Waals surface area contributed by atoms with Crippen LogP contribution in [0.15, 0.2) is 59.0 Å². The van der Waals surface area contributed by atoms with Crippen molar-refractivity contribution in [2.75, 3.05) is 59.3 Å². The number of carbonyl (C=O) groups is 5. The molecule has 0 unspecified atom stereocenters. The van der Waals surface area contributed by atoms with Crippen LogP contribution in [-0.2, 0) is 49.5 Å². The van der Waals surface area contributed by atoms with Gasteiger partial charge in [0.15, 0.2) is 5.82 Å². The summed E-state index contributed by atoms with van der Waals surface area (Å²) in [5.74, 6) is -1.56. The second-order valence-corrected chi connectivity index (χ2v) is 21.3. The van der Waals surface area contributed by atoms with Gasteiger partial charge in [0.1, 0.15) is 42.2 Å². The predicted molar refractivity (Wildman–Crippen MR) is 276 cm³/mol. The van der Waals surface area contributed by atoms with Crippen molar-refractivity contribution in [1.29, 1.82) is 0 Å². The van der Waals surface area contributed by atoms with Gasteiger partial charge >= 0.3 is 5.97 Å². The van der Waals surface area contributed by atoms with Gasteiger partial charge in [-0.2, -0.15) is 0 Å². The van der Waals surface area contributed by atoms with E-state index in [1.54, 1.807) is 49.0 Å². The van der Waals surface area contributed by atoms with Crippen LogP contribution >= 0.6 is 34.3 Å². The van der Waals surface area contributed by atoms with Crippen molar-refractivity contribution >= 4 is 69.6 Å². The number of carboxylic acids is 1. The molecule has 0 saturated carbocycles. The maximum atomic E-state index is 14.2. The van der Waals surface area contributed by atoms with Gasteiger partial charge in [0.2, 0.25) is 23.6 Å². The highest BCUT2D eigenvalue weighted by Crippen LogP contribution is 2.40. The van der Waals surface area contributed by atoms with Crippen LogP contribution in [0.1, 0.15) is 84.1 Å². The summed E-state index contributed by atoms with van der Waals surface area (Å²) in [4.78, 5) is 78.8. The lowest BCUT2D eigenvalue weighted by Gasteiger charge is -2.35. The Morgan fingerprint density at radius 3 is 2.22 bits per heavy atom. The molecular weight excluding hydrogens is 998 g/mol. The smallest absolute Gasteiger partial charge is 0.329 e. The minimum Gasteiger partial charge on any atom is -0.480 e. The van der Waals surface area contributed by atoms with E-state index in [9.17, 15) is 29.1 Å². The van der Waals surface area contributed by atoms with Crippen molar-refractivity contribution in [3.8, 4) is 15.4 Å². The highest BCUT2D eigenvalue weighted by Gasteiger charge is 2.45. The molecule has 2 aliphatic rings. The topological polar surface area (TPSA) is 238 Å². The highest BCUT2D eigenvalue weighted by atomic mass is 35.5. The van der Waals surface area contributed by atoms with Gasteiger partial charge < -0.3 is 44.9 Å². The number of fused-ring (bicyclic) bond motifs is 3. The maximum Gasteiger partial charge on any atom is 0.329 e. The van der Waals surface area contributed by atoms with Gasteiger partial charge in [-0.25, -0.2) is 9.78 Å². The fourth-order valence-corrected chi connectivity index (χ4v) is 10.7. The Morgan fingerprint density at radius 2 is 1.55 bits per heavy atom. The summed E-state index contributed by atoms with van der Waals surface area (Å²) >= 11 is 9.42. The Balaban J connectivity index is 0.821.